The predicted molar refractivity (Wildman–Crippen MR) is 85.7 cm³/mol. The summed E-state index contributed by atoms with van der Waals surface area (Å²) in [6.45, 7) is 0. The number of rotatable bonds is 5. The standard InChI is InChI=1S/C12H11BClFN2O6S/c1-23-12-7(13(18)19)6-9(15)11(16-12)17(24(20,21)22)10-5-3-2-4-8(10)14/h2-6,18-19H,1H3,(H,20,21,22). The maximum Gasteiger partial charge on any atom is 0.494 e. The van der Waals surface area contributed by atoms with Gasteiger partial charge >= 0.3 is 17.4 Å². The van der Waals surface area contributed by atoms with Gasteiger partial charge in [0.1, 0.15) is 0 Å². The maximum atomic E-state index is 14.3. The van der Waals surface area contributed by atoms with E-state index in [0.29, 0.717) is 6.07 Å². The molecule has 0 atom stereocenters. The first-order valence-electron chi connectivity index (χ1n) is 6.29. The Morgan fingerprint density at radius 1 is 1.33 bits per heavy atom. The largest absolute Gasteiger partial charge is 0.494 e. The third-order valence-electron chi connectivity index (χ3n) is 2.92. The van der Waals surface area contributed by atoms with Gasteiger partial charge in [-0.3, -0.25) is 4.55 Å². The first-order chi connectivity index (χ1) is 11.2. The monoisotopic (exact) mass is 376 g/mol. The summed E-state index contributed by atoms with van der Waals surface area (Å²) in [5.74, 6) is -2.55. The molecule has 0 fully saturated rings. The first-order valence-corrected chi connectivity index (χ1v) is 8.07. The van der Waals surface area contributed by atoms with Crippen LogP contribution in [0.15, 0.2) is 30.3 Å². The molecule has 0 unspecified atom stereocenters. The van der Waals surface area contributed by atoms with Gasteiger partial charge in [0.25, 0.3) is 0 Å². The van der Waals surface area contributed by atoms with Gasteiger partial charge in [-0.2, -0.15) is 17.7 Å². The van der Waals surface area contributed by atoms with Crippen LogP contribution in [0, 0.1) is 5.82 Å². The molecule has 0 radical (unpaired) electrons. The number of aromatic nitrogens is 1. The summed E-state index contributed by atoms with van der Waals surface area (Å²) in [6, 6.07) is 6.10. The highest BCUT2D eigenvalue weighted by molar-refractivity contribution is 7.87. The highest BCUT2D eigenvalue weighted by atomic mass is 35.5. The third kappa shape index (κ3) is 3.60. The third-order valence-corrected chi connectivity index (χ3v) is 4.07. The fourth-order valence-corrected chi connectivity index (χ4v) is 2.96. The Bertz CT molecular complexity index is 867. The summed E-state index contributed by atoms with van der Waals surface area (Å²) in [5.41, 5.74) is -0.680. The number of para-hydroxylation sites is 1. The van der Waals surface area contributed by atoms with Crippen molar-refractivity contribution in [3.8, 4) is 5.88 Å². The highest BCUT2D eigenvalue weighted by Crippen LogP contribution is 2.34. The van der Waals surface area contributed by atoms with Crippen LogP contribution in [0.25, 0.3) is 0 Å². The van der Waals surface area contributed by atoms with Gasteiger partial charge < -0.3 is 14.8 Å². The minimum absolute atomic E-state index is 0.0958. The van der Waals surface area contributed by atoms with Gasteiger partial charge in [0, 0.05) is 5.46 Å². The molecule has 0 amide bonds. The van der Waals surface area contributed by atoms with Crippen LogP contribution in [-0.2, 0) is 10.3 Å². The summed E-state index contributed by atoms with van der Waals surface area (Å²) in [5, 5.41) is 18.3. The second-order valence-corrected chi connectivity index (χ2v) is 6.13. The zero-order valence-electron chi connectivity index (χ0n) is 12.1. The van der Waals surface area contributed by atoms with Crippen molar-refractivity contribution in [1.82, 2.24) is 4.98 Å². The average Bonchev–Trinajstić information content (AvgIpc) is 2.49. The topological polar surface area (TPSA) is 120 Å². The van der Waals surface area contributed by atoms with Gasteiger partial charge in [0.2, 0.25) is 5.88 Å². The molecule has 0 spiro atoms. The van der Waals surface area contributed by atoms with Crippen molar-refractivity contribution in [3.63, 3.8) is 0 Å². The van der Waals surface area contributed by atoms with Crippen LogP contribution in [0.3, 0.4) is 0 Å². The number of hydrogen-bond acceptors (Lipinski definition) is 6. The summed E-state index contributed by atoms with van der Waals surface area (Å²) < 4.78 is 52.2. The lowest BCUT2D eigenvalue weighted by molar-refractivity contribution is 0.389. The van der Waals surface area contributed by atoms with E-state index < -0.39 is 40.4 Å². The van der Waals surface area contributed by atoms with Crippen molar-refractivity contribution in [2.75, 3.05) is 11.4 Å². The maximum absolute atomic E-state index is 14.3. The quantitative estimate of drug-likeness (QED) is 0.513. The van der Waals surface area contributed by atoms with Crippen LogP contribution in [0.2, 0.25) is 5.02 Å². The Morgan fingerprint density at radius 3 is 2.46 bits per heavy atom. The molecule has 0 aliphatic carbocycles. The van der Waals surface area contributed by atoms with Crippen molar-refractivity contribution in [1.29, 1.82) is 0 Å². The first kappa shape index (κ1) is 18.4. The van der Waals surface area contributed by atoms with Gasteiger partial charge in [-0.05, 0) is 18.2 Å². The van der Waals surface area contributed by atoms with Crippen molar-refractivity contribution in [3.05, 3.63) is 41.2 Å². The molecule has 1 aromatic heterocycles. The lowest BCUT2D eigenvalue weighted by Gasteiger charge is -2.22. The van der Waals surface area contributed by atoms with Crippen LogP contribution in [0.4, 0.5) is 15.9 Å². The second-order valence-electron chi connectivity index (χ2n) is 4.46. The normalized spacial score (nSPS) is 11.2. The molecule has 1 aromatic carbocycles. The number of nitrogens with zero attached hydrogens (tertiary/aromatic N) is 2. The Kier molecular flexibility index (Phi) is 5.30. The molecule has 1 heterocycles. The van der Waals surface area contributed by atoms with E-state index in [1.165, 1.54) is 24.3 Å². The van der Waals surface area contributed by atoms with Crippen LogP contribution >= 0.6 is 11.6 Å². The smallest absolute Gasteiger partial charge is 0.481 e. The van der Waals surface area contributed by atoms with E-state index in [0.717, 1.165) is 7.11 Å². The molecule has 24 heavy (non-hydrogen) atoms. The average molecular weight is 377 g/mol. The van der Waals surface area contributed by atoms with E-state index in [1.54, 1.807) is 0 Å². The number of hydrogen-bond donors (Lipinski definition) is 3. The van der Waals surface area contributed by atoms with Gasteiger partial charge in [-0.15, -0.1) is 0 Å². The number of halogens is 2. The summed E-state index contributed by atoms with van der Waals surface area (Å²) in [7, 11) is -6.00. The molecule has 0 aliphatic rings. The Hall–Kier alpha value is -1.92. The molecule has 2 aromatic rings. The number of ether oxygens (including phenoxy) is 1. The van der Waals surface area contributed by atoms with Gasteiger partial charge in [-0.1, -0.05) is 23.7 Å². The molecule has 12 heteroatoms. The van der Waals surface area contributed by atoms with Crippen LogP contribution in [0.5, 0.6) is 5.88 Å². The minimum Gasteiger partial charge on any atom is -0.481 e. The molecule has 0 saturated carbocycles. The molecule has 128 valence electrons. The van der Waals surface area contributed by atoms with E-state index in [4.69, 9.17) is 16.3 Å². The van der Waals surface area contributed by atoms with E-state index in [2.05, 4.69) is 4.98 Å². The predicted octanol–water partition coefficient (Wildman–Crippen LogP) is 0.503. The van der Waals surface area contributed by atoms with E-state index in [-0.39, 0.29) is 15.0 Å². The molecule has 2 rings (SSSR count). The number of methoxy groups -OCH3 is 1. The molecule has 3 N–H and O–H groups in total. The Labute approximate surface area is 142 Å². The zero-order chi connectivity index (χ0) is 18.1. The van der Waals surface area contributed by atoms with Crippen molar-refractivity contribution in [2.24, 2.45) is 0 Å². The zero-order valence-corrected chi connectivity index (χ0v) is 13.7. The van der Waals surface area contributed by atoms with Gasteiger partial charge in [0.05, 0.1) is 17.8 Å². The number of anilines is 2. The van der Waals surface area contributed by atoms with Crippen LogP contribution in [-0.4, -0.2) is 42.2 Å². The fourth-order valence-electron chi connectivity index (χ4n) is 1.93. The summed E-state index contributed by atoms with van der Waals surface area (Å²) >= 11 is 5.90. The Balaban J connectivity index is 2.75. The van der Waals surface area contributed by atoms with E-state index in [9.17, 15) is 27.4 Å². The van der Waals surface area contributed by atoms with Gasteiger partial charge in [0.15, 0.2) is 11.6 Å². The molecular formula is C12H11BClFN2O6S. The number of pyridine rings is 1. The minimum atomic E-state index is -5.01. The SMILES string of the molecule is COc1nc(N(c2ccccc2Cl)S(=O)(=O)O)c(F)cc1B(O)O. The van der Waals surface area contributed by atoms with Crippen molar-refractivity contribution in [2.45, 2.75) is 0 Å². The number of benzene rings is 1. The fraction of sp³-hybridized carbons (Fsp3) is 0.0833. The highest BCUT2D eigenvalue weighted by Gasteiger charge is 2.31. The van der Waals surface area contributed by atoms with E-state index in [1.807, 2.05) is 0 Å². The van der Waals surface area contributed by atoms with Crippen molar-refractivity contribution >= 4 is 46.0 Å². The van der Waals surface area contributed by atoms with Crippen LogP contribution in [0.1, 0.15) is 0 Å². The molecular weight excluding hydrogens is 365 g/mol. The lowest BCUT2D eigenvalue weighted by Crippen LogP contribution is -2.34. The summed E-state index contributed by atoms with van der Waals surface area (Å²) in [6.07, 6.45) is 0. The van der Waals surface area contributed by atoms with Crippen molar-refractivity contribution < 1.29 is 32.1 Å². The molecule has 0 bridgehead atoms. The van der Waals surface area contributed by atoms with Gasteiger partial charge in [-0.25, -0.2) is 4.39 Å². The van der Waals surface area contributed by atoms with E-state index >= 15 is 0 Å². The van der Waals surface area contributed by atoms with Crippen LogP contribution < -0.4 is 14.5 Å². The molecule has 0 saturated heterocycles. The second kappa shape index (κ2) is 6.91. The summed E-state index contributed by atoms with van der Waals surface area (Å²) in [4.78, 5) is 3.61. The Morgan fingerprint density at radius 2 is 1.96 bits per heavy atom. The molecule has 8 nitrogen and oxygen atoms in total. The lowest BCUT2D eigenvalue weighted by atomic mass is 9.81. The molecule has 0 aliphatic heterocycles.